The molecule has 1 heterocycles. The van der Waals surface area contributed by atoms with Crippen LogP contribution < -0.4 is 5.56 Å². The van der Waals surface area contributed by atoms with E-state index in [1.165, 1.54) is 24.3 Å². The molecule has 0 aliphatic heterocycles. The lowest BCUT2D eigenvalue weighted by Crippen LogP contribution is -2.01. The molecule has 7 heteroatoms. The zero-order chi connectivity index (χ0) is 11.7. The molecule has 0 saturated carbocycles. The van der Waals surface area contributed by atoms with Crippen LogP contribution in [0, 0.1) is 10.1 Å². The first kappa shape index (κ1) is 9.97. The first-order valence-electron chi connectivity index (χ1n) is 4.34. The van der Waals surface area contributed by atoms with Crippen molar-refractivity contribution in [3.05, 3.63) is 44.7 Å². The Hall–Kier alpha value is -2.57. The number of aromatic amines is 2. The number of benzene rings is 1. The highest BCUT2D eigenvalue weighted by Gasteiger charge is 2.12. The Morgan fingerprint density at radius 3 is 2.25 bits per heavy atom. The van der Waals surface area contributed by atoms with Crippen molar-refractivity contribution in [2.45, 2.75) is 0 Å². The van der Waals surface area contributed by atoms with Crippen molar-refractivity contribution in [3.63, 3.8) is 0 Å². The minimum atomic E-state index is -0.537. The van der Waals surface area contributed by atoms with Gasteiger partial charge in [0, 0.05) is 12.1 Å². The maximum atomic E-state index is 11.3. The number of nitro groups is 1. The summed E-state index contributed by atoms with van der Waals surface area (Å²) < 4.78 is 0. The minimum Gasteiger partial charge on any atom is -0.493 e. The van der Waals surface area contributed by atoms with E-state index < -0.39 is 10.5 Å². The summed E-state index contributed by atoms with van der Waals surface area (Å²) in [5.41, 5.74) is -0.0814. The number of nitrogens with one attached hydrogen (secondary N) is 2. The molecule has 16 heavy (non-hydrogen) atoms. The van der Waals surface area contributed by atoms with E-state index in [-0.39, 0.29) is 17.1 Å². The highest BCUT2D eigenvalue weighted by molar-refractivity contribution is 5.68. The van der Waals surface area contributed by atoms with Gasteiger partial charge in [-0.3, -0.25) is 25.1 Å². The highest BCUT2D eigenvalue weighted by atomic mass is 16.6. The van der Waals surface area contributed by atoms with E-state index in [0.29, 0.717) is 5.56 Å². The second-order valence-corrected chi connectivity index (χ2v) is 3.11. The lowest BCUT2D eigenvalue weighted by Gasteiger charge is -1.96. The molecule has 3 N–H and O–H groups in total. The Bertz CT molecular complexity index is 582. The van der Waals surface area contributed by atoms with Crippen molar-refractivity contribution < 1.29 is 10.0 Å². The van der Waals surface area contributed by atoms with Gasteiger partial charge in [-0.1, -0.05) is 0 Å². The van der Waals surface area contributed by atoms with E-state index in [1.807, 2.05) is 0 Å². The molecule has 0 fully saturated rings. The van der Waals surface area contributed by atoms with E-state index in [1.54, 1.807) is 0 Å². The van der Waals surface area contributed by atoms with Crippen molar-refractivity contribution >= 4 is 5.69 Å². The van der Waals surface area contributed by atoms with E-state index in [2.05, 4.69) is 10.2 Å². The number of aromatic nitrogens is 2. The third kappa shape index (κ3) is 1.54. The summed E-state index contributed by atoms with van der Waals surface area (Å²) in [6.07, 6.45) is 0. The van der Waals surface area contributed by atoms with Gasteiger partial charge in [0.15, 0.2) is 0 Å². The van der Waals surface area contributed by atoms with Gasteiger partial charge >= 0.3 is 0 Å². The lowest BCUT2D eigenvalue weighted by atomic mass is 10.1. The van der Waals surface area contributed by atoms with Gasteiger partial charge in [0.25, 0.3) is 11.2 Å². The number of rotatable bonds is 2. The van der Waals surface area contributed by atoms with Crippen LogP contribution >= 0.6 is 0 Å². The van der Waals surface area contributed by atoms with Crippen molar-refractivity contribution in [1.82, 2.24) is 10.2 Å². The molecule has 2 rings (SSSR count). The maximum Gasteiger partial charge on any atom is 0.275 e. The fraction of sp³-hybridized carbons (Fsp3) is 0. The van der Waals surface area contributed by atoms with Gasteiger partial charge in [-0.2, -0.15) is 0 Å². The third-order valence-electron chi connectivity index (χ3n) is 2.13. The Labute approximate surface area is 88.5 Å². The third-order valence-corrected chi connectivity index (χ3v) is 2.13. The molecule has 7 nitrogen and oxygen atoms in total. The number of H-pyrrole nitrogens is 2. The van der Waals surface area contributed by atoms with Crippen LogP contribution in [0.4, 0.5) is 5.69 Å². The molecule has 0 unspecified atom stereocenters. The SMILES string of the molecule is O=c1[nH][nH]c(O)c1-c1ccc([N+](=O)[O-])cc1. The monoisotopic (exact) mass is 221 g/mol. The second-order valence-electron chi connectivity index (χ2n) is 3.11. The van der Waals surface area contributed by atoms with Gasteiger partial charge in [-0.25, -0.2) is 0 Å². The van der Waals surface area contributed by atoms with Crippen molar-refractivity contribution in [2.24, 2.45) is 0 Å². The molecule has 0 radical (unpaired) electrons. The van der Waals surface area contributed by atoms with E-state index in [4.69, 9.17) is 0 Å². The van der Waals surface area contributed by atoms with Crippen LogP contribution in [0.5, 0.6) is 5.88 Å². The Balaban J connectivity index is 2.50. The maximum absolute atomic E-state index is 11.3. The quantitative estimate of drug-likeness (QED) is 0.518. The predicted molar refractivity (Wildman–Crippen MR) is 55.2 cm³/mol. The number of aromatic hydroxyl groups is 1. The van der Waals surface area contributed by atoms with Gasteiger partial charge in [0.1, 0.15) is 5.56 Å². The van der Waals surface area contributed by atoms with E-state index >= 15 is 0 Å². The molecule has 0 atom stereocenters. The fourth-order valence-electron chi connectivity index (χ4n) is 1.37. The van der Waals surface area contributed by atoms with E-state index in [0.717, 1.165) is 0 Å². The summed E-state index contributed by atoms with van der Waals surface area (Å²) in [4.78, 5) is 21.2. The van der Waals surface area contributed by atoms with Crippen LogP contribution in [0.25, 0.3) is 11.1 Å². The average molecular weight is 221 g/mol. The molecule has 2 aromatic rings. The number of hydrogen-bond acceptors (Lipinski definition) is 4. The summed E-state index contributed by atoms with van der Waals surface area (Å²) in [6, 6.07) is 5.33. The molecule has 1 aromatic carbocycles. The molecule has 0 bridgehead atoms. The average Bonchev–Trinajstić information content (AvgIpc) is 2.59. The Kier molecular flexibility index (Phi) is 2.20. The van der Waals surface area contributed by atoms with E-state index in [9.17, 15) is 20.0 Å². The van der Waals surface area contributed by atoms with Crippen molar-refractivity contribution in [2.75, 3.05) is 0 Å². The second kappa shape index (κ2) is 3.54. The number of non-ortho nitro benzene ring substituents is 1. The zero-order valence-electron chi connectivity index (χ0n) is 7.93. The molecular weight excluding hydrogens is 214 g/mol. The van der Waals surface area contributed by atoms with Crippen LogP contribution in [0.3, 0.4) is 0 Å². The smallest absolute Gasteiger partial charge is 0.275 e. The normalized spacial score (nSPS) is 10.2. The van der Waals surface area contributed by atoms with Crippen LogP contribution in [-0.4, -0.2) is 20.2 Å². The van der Waals surface area contributed by atoms with Gasteiger partial charge in [-0.15, -0.1) is 0 Å². The molecule has 82 valence electrons. The largest absolute Gasteiger partial charge is 0.493 e. The first-order chi connectivity index (χ1) is 7.59. The summed E-state index contributed by atoms with van der Waals surface area (Å²) in [6.45, 7) is 0. The van der Waals surface area contributed by atoms with Crippen molar-refractivity contribution in [1.29, 1.82) is 0 Å². The Morgan fingerprint density at radius 2 is 1.81 bits per heavy atom. The predicted octanol–water partition coefficient (Wildman–Crippen LogP) is 0.984. The lowest BCUT2D eigenvalue weighted by molar-refractivity contribution is -0.384. The Morgan fingerprint density at radius 1 is 1.19 bits per heavy atom. The zero-order valence-corrected chi connectivity index (χ0v) is 7.93. The van der Waals surface area contributed by atoms with Crippen LogP contribution in [-0.2, 0) is 0 Å². The van der Waals surface area contributed by atoms with Crippen LogP contribution in [0.1, 0.15) is 0 Å². The topological polar surface area (TPSA) is 112 Å². The molecule has 0 saturated heterocycles. The number of nitrogens with zero attached hydrogens (tertiary/aromatic N) is 1. The van der Waals surface area contributed by atoms with Crippen LogP contribution in [0.15, 0.2) is 29.1 Å². The molecular formula is C9H7N3O4. The molecule has 0 aliphatic rings. The summed E-state index contributed by atoms with van der Waals surface area (Å²) in [5, 5.41) is 24.2. The molecule has 0 amide bonds. The summed E-state index contributed by atoms with van der Waals surface area (Å²) in [5.74, 6) is -0.293. The molecule has 0 spiro atoms. The standard InChI is InChI=1S/C9H7N3O4/c13-8-7(9(14)11-10-8)5-1-3-6(4-2-5)12(15)16/h1-4H,(H3,10,11,13,14). The highest BCUT2D eigenvalue weighted by Crippen LogP contribution is 2.24. The van der Waals surface area contributed by atoms with Gasteiger partial charge in [0.2, 0.25) is 5.88 Å². The first-order valence-corrected chi connectivity index (χ1v) is 4.34. The van der Waals surface area contributed by atoms with Crippen LogP contribution in [0.2, 0.25) is 0 Å². The summed E-state index contributed by atoms with van der Waals surface area (Å²) in [7, 11) is 0. The minimum absolute atomic E-state index is 0.0647. The number of nitro benzene ring substituents is 1. The van der Waals surface area contributed by atoms with Gasteiger partial charge < -0.3 is 5.11 Å². The summed E-state index contributed by atoms with van der Waals surface area (Å²) >= 11 is 0. The number of hydrogen-bond donors (Lipinski definition) is 3. The van der Waals surface area contributed by atoms with Gasteiger partial charge in [0.05, 0.1) is 4.92 Å². The van der Waals surface area contributed by atoms with Crippen molar-refractivity contribution in [3.8, 4) is 17.0 Å². The molecule has 0 aliphatic carbocycles. The van der Waals surface area contributed by atoms with Gasteiger partial charge in [-0.05, 0) is 17.7 Å². The fourth-order valence-corrected chi connectivity index (χ4v) is 1.37. The molecule has 1 aromatic heterocycles.